The van der Waals surface area contributed by atoms with Gasteiger partial charge in [0, 0.05) is 61.1 Å². The van der Waals surface area contributed by atoms with E-state index >= 15 is 0 Å². The predicted octanol–water partition coefficient (Wildman–Crippen LogP) is 3.46. The van der Waals surface area contributed by atoms with Gasteiger partial charge in [-0.3, -0.25) is 9.69 Å². The largest absolute Gasteiger partial charge is 0.497 e. The van der Waals surface area contributed by atoms with Crippen molar-refractivity contribution in [3.63, 3.8) is 0 Å². The highest BCUT2D eigenvalue weighted by Gasteiger charge is 2.51. The fourth-order valence-corrected chi connectivity index (χ4v) is 5.25. The standard InChI is InChI=1S/C25H30BrN3O5/c1-16(31)34-21-11-12-28(25(32)27-19-7-9-20(33-2)10-8-19)14-22-24(23(15-30)29(22)13-21)17-3-5-18(26)6-4-17/h3-10,21-24,30H,11-15H2,1-2H3,(H,27,32)/t21-,22?,23+,24+/m0/s1. The summed E-state index contributed by atoms with van der Waals surface area (Å²) in [6.45, 7) is 2.89. The number of fused-ring (bicyclic) bond motifs is 1. The third-order valence-electron chi connectivity index (χ3n) is 6.63. The van der Waals surface area contributed by atoms with E-state index in [-0.39, 0.29) is 42.7 Å². The molecule has 0 bridgehead atoms. The molecule has 0 aliphatic carbocycles. The van der Waals surface area contributed by atoms with Crippen LogP contribution in [0.15, 0.2) is 53.0 Å². The zero-order chi connectivity index (χ0) is 24.2. The van der Waals surface area contributed by atoms with Gasteiger partial charge in [0.1, 0.15) is 11.9 Å². The Bertz CT molecular complexity index is 1000. The average Bonchev–Trinajstić information content (AvgIpc) is 2.81. The van der Waals surface area contributed by atoms with Crippen LogP contribution >= 0.6 is 15.9 Å². The summed E-state index contributed by atoms with van der Waals surface area (Å²) in [5.74, 6) is 0.429. The zero-order valence-corrected chi connectivity index (χ0v) is 20.9. The lowest BCUT2D eigenvalue weighted by molar-refractivity contribution is -0.153. The number of carbonyl (C=O) groups is 2. The number of ether oxygens (including phenoxy) is 2. The number of benzene rings is 2. The number of hydrogen-bond donors (Lipinski definition) is 2. The molecule has 2 fully saturated rings. The van der Waals surface area contributed by atoms with E-state index in [0.717, 1.165) is 10.0 Å². The normalized spacial score (nSPS) is 24.8. The van der Waals surface area contributed by atoms with Gasteiger partial charge in [-0.15, -0.1) is 0 Å². The van der Waals surface area contributed by atoms with Gasteiger partial charge in [-0.2, -0.15) is 0 Å². The van der Waals surface area contributed by atoms with Crippen LogP contribution in [0.5, 0.6) is 5.75 Å². The molecule has 2 aromatic rings. The van der Waals surface area contributed by atoms with E-state index in [1.807, 2.05) is 12.1 Å². The smallest absolute Gasteiger partial charge is 0.321 e. The van der Waals surface area contributed by atoms with Gasteiger partial charge in [0.25, 0.3) is 0 Å². The van der Waals surface area contributed by atoms with Gasteiger partial charge in [-0.05, 0) is 42.0 Å². The molecule has 182 valence electrons. The Balaban J connectivity index is 1.56. The molecule has 2 aromatic carbocycles. The first-order chi connectivity index (χ1) is 16.4. The first-order valence-corrected chi connectivity index (χ1v) is 12.2. The van der Waals surface area contributed by atoms with Crippen LogP contribution in [0.3, 0.4) is 0 Å². The molecular formula is C25H30BrN3O5. The highest BCUT2D eigenvalue weighted by molar-refractivity contribution is 9.10. The second-order valence-electron chi connectivity index (χ2n) is 8.72. The van der Waals surface area contributed by atoms with E-state index < -0.39 is 0 Å². The number of nitrogens with one attached hydrogen (secondary N) is 1. The Labute approximate surface area is 208 Å². The van der Waals surface area contributed by atoms with Crippen LogP contribution in [0.25, 0.3) is 0 Å². The molecule has 0 aromatic heterocycles. The number of aliphatic hydroxyl groups is 1. The molecule has 2 N–H and O–H groups in total. The van der Waals surface area contributed by atoms with E-state index in [4.69, 9.17) is 9.47 Å². The first kappa shape index (κ1) is 24.5. The van der Waals surface area contributed by atoms with Gasteiger partial charge in [-0.25, -0.2) is 4.79 Å². The molecule has 0 spiro atoms. The summed E-state index contributed by atoms with van der Waals surface area (Å²) in [6.07, 6.45) is 0.177. The third kappa shape index (κ3) is 5.37. The van der Waals surface area contributed by atoms with Crippen molar-refractivity contribution >= 4 is 33.6 Å². The second-order valence-corrected chi connectivity index (χ2v) is 9.63. The Kier molecular flexibility index (Phi) is 7.75. The topological polar surface area (TPSA) is 91.3 Å². The minimum atomic E-state index is -0.350. The van der Waals surface area contributed by atoms with E-state index in [1.165, 1.54) is 6.92 Å². The molecule has 0 radical (unpaired) electrons. The van der Waals surface area contributed by atoms with Crippen molar-refractivity contribution in [2.24, 2.45) is 0 Å². The number of aliphatic hydroxyl groups excluding tert-OH is 1. The molecule has 2 aliphatic rings. The predicted molar refractivity (Wildman–Crippen MR) is 132 cm³/mol. The van der Waals surface area contributed by atoms with Gasteiger partial charge in [-0.1, -0.05) is 28.1 Å². The number of nitrogens with zero attached hydrogens (tertiary/aromatic N) is 2. The number of hydrogen-bond acceptors (Lipinski definition) is 6. The number of methoxy groups -OCH3 is 1. The molecule has 2 amide bonds. The van der Waals surface area contributed by atoms with Crippen LogP contribution in [0.2, 0.25) is 0 Å². The number of halogens is 1. The van der Waals surface area contributed by atoms with Crippen molar-refractivity contribution in [3.05, 3.63) is 58.6 Å². The van der Waals surface area contributed by atoms with Crippen molar-refractivity contribution in [3.8, 4) is 5.75 Å². The maximum atomic E-state index is 13.2. The van der Waals surface area contributed by atoms with Crippen molar-refractivity contribution in [2.75, 3.05) is 38.7 Å². The summed E-state index contributed by atoms with van der Waals surface area (Å²) in [7, 11) is 1.60. The highest BCUT2D eigenvalue weighted by atomic mass is 79.9. The van der Waals surface area contributed by atoms with Crippen LogP contribution in [-0.2, 0) is 9.53 Å². The van der Waals surface area contributed by atoms with Crippen molar-refractivity contribution in [2.45, 2.75) is 37.5 Å². The molecule has 1 unspecified atom stereocenters. The maximum absolute atomic E-state index is 13.2. The van der Waals surface area contributed by atoms with E-state index in [2.05, 4.69) is 38.3 Å². The van der Waals surface area contributed by atoms with Gasteiger partial charge in [0.05, 0.1) is 13.7 Å². The molecule has 2 aliphatic heterocycles. The maximum Gasteiger partial charge on any atom is 0.321 e. The van der Waals surface area contributed by atoms with Crippen LogP contribution in [0.4, 0.5) is 10.5 Å². The van der Waals surface area contributed by atoms with Crippen LogP contribution in [0.1, 0.15) is 24.8 Å². The average molecular weight is 532 g/mol. The summed E-state index contributed by atoms with van der Waals surface area (Å²) < 4.78 is 11.7. The summed E-state index contributed by atoms with van der Waals surface area (Å²) in [6, 6.07) is 15.0. The van der Waals surface area contributed by atoms with Crippen molar-refractivity contribution in [1.82, 2.24) is 9.80 Å². The molecule has 4 rings (SSSR count). The highest BCUT2D eigenvalue weighted by Crippen LogP contribution is 2.42. The summed E-state index contributed by atoms with van der Waals surface area (Å²) in [5, 5.41) is 13.2. The van der Waals surface area contributed by atoms with Crippen molar-refractivity contribution in [1.29, 1.82) is 0 Å². The molecule has 4 atom stereocenters. The number of rotatable bonds is 5. The number of esters is 1. The van der Waals surface area contributed by atoms with E-state index in [9.17, 15) is 14.7 Å². The fourth-order valence-electron chi connectivity index (χ4n) is 4.99. The number of urea groups is 1. The molecular weight excluding hydrogens is 502 g/mol. The lowest BCUT2D eigenvalue weighted by Crippen LogP contribution is -2.69. The molecule has 8 nitrogen and oxygen atoms in total. The van der Waals surface area contributed by atoms with Gasteiger partial charge < -0.3 is 24.8 Å². The van der Waals surface area contributed by atoms with E-state index in [1.54, 1.807) is 36.3 Å². The number of anilines is 1. The lowest BCUT2D eigenvalue weighted by Gasteiger charge is -2.57. The van der Waals surface area contributed by atoms with Crippen LogP contribution < -0.4 is 10.1 Å². The Morgan fingerprint density at radius 3 is 2.44 bits per heavy atom. The Morgan fingerprint density at radius 2 is 1.82 bits per heavy atom. The molecule has 2 heterocycles. The van der Waals surface area contributed by atoms with Gasteiger partial charge >= 0.3 is 12.0 Å². The summed E-state index contributed by atoms with van der Waals surface area (Å²) >= 11 is 3.48. The number of carbonyl (C=O) groups excluding carboxylic acids is 2. The third-order valence-corrected chi connectivity index (χ3v) is 7.16. The van der Waals surface area contributed by atoms with Crippen LogP contribution in [-0.4, -0.2) is 78.4 Å². The van der Waals surface area contributed by atoms with Crippen LogP contribution in [0, 0.1) is 0 Å². The molecule has 9 heteroatoms. The second kappa shape index (κ2) is 10.8. The monoisotopic (exact) mass is 531 g/mol. The van der Waals surface area contributed by atoms with Gasteiger partial charge in [0.2, 0.25) is 0 Å². The first-order valence-electron chi connectivity index (χ1n) is 11.4. The fraction of sp³-hybridized carbons (Fsp3) is 0.440. The van der Waals surface area contributed by atoms with E-state index in [0.29, 0.717) is 37.5 Å². The minimum absolute atomic E-state index is 0.00157. The SMILES string of the molecule is COc1ccc(NC(=O)N2CC[C@H](OC(C)=O)CN3C(C2)[C@@H](c2ccc(Br)cc2)[C@H]3CO)cc1. The minimum Gasteiger partial charge on any atom is -0.497 e. The van der Waals surface area contributed by atoms with Gasteiger partial charge in [0.15, 0.2) is 0 Å². The Hall–Kier alpha value is -2.62. The molecule has 0 saturated carbocycles. The Morgan fingerprint density at radius 1 is 1.12 bits per heavy atom. The zero-order valence-electron chi connectivity index (χ0n) is 19.3. The van der Waals surface area contributed by atoms with Crippen molar-refractivity contribution < 1.29 is 24.2 Å². The summed E-state index contributed by atoms with van der Waals surface area (Å²) in [5.41, 5.74) is 1.79. The summed E-state index contributed by atoms with van der Waals surface area (Å²) in [4.78, 5) is 28.9. The lowest BCUT2D eigenvalue weighted by atomic mass is 9.74. The molecule has 34 heavy (non-hydrogen) atoms. The quantitative estimate of drug-likeness (QED) is 0.574. The number of amides is 2. The molecule has 2 saturated heterocycles.